The minimum Gasteiger partial charge on any atom is -0.481 e. The lowest BCUT2D eigenvalue weighted by Gasteiger charge is -2.28. The van der Waals surface area contributed by atoms with Gasteiger partial charge in [0.15, 0.2) is 9.84 Å². The molecule has 5 nitrogen and oxygen atoms in total. The molecule has 0 aromatic rings. The Morgan fingerprint density at radius 1 is 1.00 bits per heavy atom. The van der Waals surface area contributed by atoms with Gasteiger partial charge in [0.2, 0.25) is 0 Å². The zero-order valence-electron chi connectivity index (χ0n) is 16.2. The smallest absolute Gasteiger partial charge is 0.303 e. The lowest BCUT2D eigenvalue weighted by atomic mass is 9.76. The Hall–Kier alpha value is -0.880. The maximum Gasteiger partial charge on any atom is 0.303 e. The Labute approximate surface area is 163 Å². The molecule has 1 aliphatic carbocycles. The zero-order valence-corrected chi connectivity index (χ0v) is 17.0. The molecule has 0 radical (unpaired) electrons. The van der Waals surface area contributed by atoms with Crippen molar-refractivity contribution in [2.24, 2.45) is 11.8 Å². The molecule has 2 saturated heterocycles. The van der Waals surface area contributed by atoms with Gasteiger partial charge in [-0.05, 0) is 63.2 Å². The van der Waals surface area contributed by atoms with E-state index in [2.05, 4.69) is 12.2 Å². The zero-order chi connectivity index (χ0) is 19.3. The summed E-state index contributed by atoms with van der Waals surface area (Å²) >= 11 is 0. The molecule has 3 rings (SSSR count). The fourth-order valence-electron chi connectivity index (χ4n) is 5.23. The van der Waals surface area contributed by atoms with Crippen molar-refractivity contribution >= 4 is 15.8 Å². The Morgan fingerprint density at radius 3 is 2.41 bits per heavy atom. The van der Waals surface area contributed by atoms with Crippen molar-refractivity contribution in [3.05, 3.63) is 12.2 Å². The highest BCUT2D eigenvalue weighted by molar-refractivity contribution is 7.92. The van der Waals surface area contributed by atoms with Gasteiger partial charge in [0.25, 0.3) is 0 Å². The van der Waals surface area contributed by atoms with Crippen LogP contribution < -0.4 is 0 Å². The Bertz CT molecular complexity index is 620. The summed E-state index contributed by atoms with van der Waals surface area (Å²) < 4.78 is 31.6. The predicted molar refractivity (Wildman–Crippen MR) is 105 cm³/mol. The van der Waals surface area contributed by atoms with Crippen LogP contribution in [0.25, 0.3) is 0 Å². The Kier molecular flexibility index (Phi) is 7.37. The molecule has 1 N–H and O–H groups in total. The second-order valence-electron chi connectivity index (χ2n) is 8.53. The van der Waals surface area contributed by atoms with Crippen LogP contribution in [-0.4, -0.2) is 42.7 Å². The predicted octanol–water partition coefficient (Wildman–Crippen LogP) is 4.12. The maximum atomic E-state index is 12.7. The number of allylic oxidation sites excluding steroid dienone is 2. The van der Waals surface area contributed by atoms with Crippen LogP contribution in [-0.2, 0) is 19.4 Å². The van der Waals surface area contributed by atoms with E-state index in [0.717, 1.165) is 57.8 Å². The highest BCUT2D eigenvalue weighted by atomic mass is 32.2. The first-order valence-corrected chi connectivity index (χ1v) is 12.4. The van der Waals surface area contributed by atoms with Gasteiger partial charge in [0.05, 0.1) is 23.2 Å². The lowest BCUT2D eigenvalue weighted by molar-refractivity contribution is -0.137. The summed E-state index contributed by atoms with van der Waals surface area (Å²) in [7, 11) is -2.98. The molecule has 0 unspecified atom stereocenters. The third-order valence-corrected chi connectivity index (χ3v) is 9.01. The molecule has 2 aliphatic heterocycles. The molecule has 0 aromatic carbocycles. The number of ether oxygens (including phenoxy) is 1. The summed E-state index contributed by atoms with van der Waals surface area (Å²) in [5, 5.41) is 8.57. The summed E-state index contributed by atoms with van der Waals surface area (Å²) in [4.78, 5) is 10.5. The van der Waals surface area contributed by atoms with E-state index in [1.165, 1.54) is 6.42 Å². The van der Waals surface area contributed by atoms with Crippen molar-refractivity contribution in [3.63, 3.8) is 0 Å². The molecule has 3 fully saturated rings. The highest BCUT2D eigenvalue weighted by Gasteiger charge is 2.48. The molecule has 154 valence electrons. The normalized spacial score (nSPS) is 31.7. The van der Waals surface area contributed by atoms with Crippen LogP contribution in [0.3, 0.4) is 0 Å². The third kappa shape index (κ3) is 5.57. The van der Waals surface area contributed by atoms with Crippen LogP contribution in [0.1, 0.15) is 77.0 Å². The molecule has 2 bridgehead atoms. The van der Waals surface area contributed by atoms with E-state index in [1.807, 2.05) is 0 Å². The number of rotatable bonds is 10. The van der Waals surface area contributed by atoms with Gasteiger partial charge in [-0.2, -0.15) is 0 Å². The molecule has 0 spiro atoms. The average molecular weight is 399 g/mol. The monoisotopic (exact) mass is 398 g/mol. The first-order valence-electron chi connectivity index (χ1n) is 10.7. The van der Waals surface area contributed by atoms with Crippen molar-refractivity contribution in [1.29, 1.82) is 0 Å². The first kappa shape index (κ1) is 20.8. The van der Waals surface area contributed by atoms with Crippen LogP contribution in [0.5, 0.6) is 0 Å². The van der Waals surface area contributed by atoms with Gasteiger partial charge in [0, 0.05) is 6.42 Å². The van der Waals surface area contributed by atoms with Crippen molar-refractivity contribution in [1.82, 2.24) is 0 Å². The summed E-state index contributed by atoms with van der Waals surface area (Å²) in [5.41, 5.74) is 0. The second kappa shape index (κ2) is 9.55. The number of fused-ring (bicyclic) bond motifs is 2. The van der Waals surface area contributed by atoms with Gasteiger partial charge in [0.1, 0.15) is 0 Å². The molecule has 2 heterocycles. The second-order valence-corrected chi connectivity index (χ2v) is 10.9. The third-order valence-electron chi connectivity index (χ3n) is 6.72. The van der Waals surface area contributed by atoms with Crippen molar-refractivity contribution in [2.45, 2.75) is 94.5 Å². The van der Waals surface area contributed by atoms with Gasteiger partial charge in [-0.25, -0.2) is 8.42 Å². The largest absolute Gasteiger partial charge is 0.481 e. The molecule has 1 saturated carbocycles. The Balaban J connectivity index is 1.49. The molecule has 6 heteroatoms. The number of hydrogen-bond donors (Lipinski definition) is 1. The van der Waals surface area contributed by atoms with Crippen molar-refractivity contribution in [3.8, 4) is 0 Å². The van der Waals surface area contributed by atoms with E-state index in [0.29, 0.717) is 24.0 Å². The summed E-state index contributed by atoms with van der Waals surface area (Å²) in [5.74, 6) is 0.337. The van der Waals surface area contributed by atoms with E-state index in [1.54, 1.807) is 0 Å². The first-order chi connectivity index (χ1) is 13.0. The molecule has 3 aliphatic rings. The van der Waals surface area contributed by atoms with Crippen LogP contribution >= 0.6 is 0 Å². The van der Waals surface area contributed by atoms with Crippen LogP contribution in [0.4, 0.5) is 0 Å². The summed E-state index contributed by atoms with van der Waals surface area (Å²) in [6.45, 7) is 0. The van der Waals surface area contributed by atoms with Gasteiger partial charge in [-0.15, -0.1) is 0 Å². The maximum absolute atomic E-state index is 12.7. The highest BCUT2D eigenvalue weighted by Crippen LogP contribution is 2.47. The van der Waals surface area contributed by atoms with E-state index in [9.17, 15) is 13.2 Å². The lowest BCUT2D eigenvalue weighted by Crippen LogP contribution is -2.32. The minimum absolute atomic E-state index is 0.113. The molecule has 4 atom stereocenters. The Morgan fingerprint density at radius 2 is 1.70 bits per heavy atom. The van der Waals surface area contributed by atoms with Crippen LogP contribution in [0.15, 0.2) is 12.2 Å². The SMILES string of the molecule is O=C(O)CCCC=CC[C@@H]1[C@H](CCS(=O)(=O)C2CCCCC2)[C@@H]2CC[C@H]1O2. The number of aliphatic carboxylic acids is 1. The van der Waals surface area contributed by atoms with Crippen molar-refractivity contribution < 1.29 is 23.1 Å². The van der Waals surface area contributed by atoms with Crippen LogP contribution in [0, 0.1) is 11.8 Å². The number of carboxylic acids is 1. The molecular formula is C21H34O5S. The van der Waals surface area contributed by atoms with E-state index in [-0.39, 0.29) is 23.9 Å². The standard InChI is InChI=1S/C21H34O5S/c22-21(23)11-7-2-1-6-10-17-18(20-13-12-19(17)26-20)14-15-27(24,25)16-8-4-3-5-9-16/h1,6,16-20H,2-5,7-15H2,(H,22,23)/t17-,18+,19-,20+/m1/s1. The average Bonchev–Trinajstić information content (AvgIpc) is 3.25. The molecule has 0 aromatic heterocycles. The van der Waals surface area contributed by atoms with E-state index in [4.69, 9.17) is 9.84 Å². The fraction of sp³-hybridized carbons (Fsp3) is 0.857. The molecular weight excluding hydrogens is 364 g/mol. The number of sulfone groups is 1. The van der Waals surface area contributed by atoms with Crippen molar-refractivity contribution in [2.75, 3.05) is 5.75 Å². The topological polar surface area (TPSA) is 80.7 Å². The van der Waals surface area contributed by atoms with Gasteiger partial charge < -0.3 is 9.84 Å². The van der Waals surface area contributed by atoms with Gasteiger partial charge in [-0.1, -0.05) is 31.4 Å². The minimum atomic E-state index is -2.98. The van der Waals surface area contributed by atoms with E-state index < -0.39 is 15.8 Å². The van der Waals surface area contributed by atoms with Gasteiger partial charge >= 0.3 is 5.97 Å². The number of carbonyl (C=O) groups is 1. The summed E-state index contributed by atoms with van der Waals surface area (Å²) in [6.07, 6.45) is 15.2. The number of hydrogen-bond acceptors (Lipinski definition) is 4. The molecule has 0 amide bonds. The van der Waals surface area contributed by atoms with E-state index >= 15 is 0 Å². The fourth-order valence-corrected chi connectivity index (χ4v) is 7.22. The number of unbranched alkanes of at least 4 members (excludes halogenated alkanes) is 1. The summed E-state index contributed by atoms with van der Waals surface area (Å²) in [6, 6.07) is 0. The quantitative estimate of drug-likeness (QED) is 0.442. The van der Waals surface area contributed by atoms with Gasteiger partial charge in [-0.3, -0.25) is 4.79 Å². The van der Waals surface area contributed by atoms with Crippen LogP contribution in [0.2, 0.25) is 0 Å². The molecule has 27 heavy (non-hydrogen) atoms. The number of carboxylic acid groups (broad SMARTS) is 1.